The fourth-order valence-corrected chi connectivity index (χ4v) is 3.42. The quantitative estimate of drug-likeness (QED) is 0.597. The highest BCUT2D eigenvalue weighted by atomic mass is 32.2. The van der Waals surface area contributed by atoms with Crippen LogP contribution in [0, 0.1) is 0 Å². The Morgan fingerprint density at radius 2 is 1.72 bits per heavy atom. The first-order chi connectivity index (χ1) is 13.5. The summed E-state index contributed by atoms with van der Waals surface area (Å²) in [6.45, 7) is 0. The zero-order valence-electron chi connectivity index (χ0n) is 14.8. The zero-order valence-corrected chi connectivity index (χ0v) is 15.6. The smallest absolute Gasteiger partial charge is 0.360 e. The molecule has 0 saturated heterocycles. The van der Waals surface area contributed by atoms with Gasteiger partial charge in [-0.3, -0.25) is 9.59 Å². The van der Waals surface area contributed by atoms with Gasteiger partial charge in [0.1, 0.15) is 5.56 Å². The van der Waals surface area contributed by atoms with Gasteiger partial charge in [-0.05, 0) is 43.4 Å². The van der Waals surface area contributed by atoms with Crippen LogP contribution in [0.25, 0.3) is 10.9 Å². The number of pyridine rings is 1. The molecule has 29 heavy (non-hydrogen) atoms. The minimum atomic E-state index is -4.67. The number of para-hydroxylation sites is 1. The predicted molar refractivity (Wildman–Crippen MR) is 100 cm³/mol. The number of carbonyl (C=O) groups is 1. The molecule has 7 nitrogen and oxygen atoms in total. The second-order valence-corrected chi connectivity index (χ2v) is 7.83. The Hall–Kier alpha value is -3.18. The lowest BCUT2D eigenvalue weighted by atomic mass is 10.1. The molecule has 0 saturated carbocycles. The number of hydrogen-bond acceptors (Lipinski definition) is 4. The highest BCUT2D eigenvalue weighted by Crippen LogP contribution is 2.33. The van der Waals surface area contributed by atoms with Gasteiger partial charge >= 0.3 is 6.18 Å². The van der Waals surface area contributed by atoms with Crippen molar-refractivity contribution in [2.24, 2.45) is 0 Å². The Kier molecular flexibility index (Phi) is 5.20. The largest absolute Gasteiger partial charge is 0.418 e. The van der Waals surface area contributed by atoms with Crippen molar-refractivity contribution in [3.63, 3.8) is 0 Å². The maximum Gasteiger partial charge on any atom is 0.418 e. The van der Waals surface area contributed by atoms with Crippen LogP contribution in [0.15, 0.2) is 58.4 Å². The summed E-state index contributed by atoms with van der Waals surface area (Å²) in [5.41, 5.74) is -2.47. The van der Waals surface area contributed by atoms with E-state index in [1.807, 2.05) is 0 Å². The summed E-state index contributed by atoms with van der Waals surface area (Å²) >= 11 is 0. The average molecular weight is 425 g/mol. The van der Waals surface area contributed by atoms with Gasteiger partial charge in [0.2, 0.25) is 15.5 Å². The number of alkyl halides is 3. The van der Waals surface area contributed by atoms with E-state index in [0.717, 1.165) is 18.3 Å². The fraction of sp³-hybridized carbons (Fsp3) is 0.111. The first kappa shape index (κ1) is 20.6. The number of rotatable bonds is 4. The molecule has 0 aliphatic rings. The number of hydrogen-bond donors (Lipinski definition) is 3. The Bertz CT molecular complexity index is 1250. The molecule has 3 rings (SSSR count). The van der Waals surface area contributed by atoms with Crippen molar-refractivity contribution in [2.75, 3.05) is 12.4 Å². The Morgan fingerprint density at radius 1 is 1.07 bits per heavy atom. The van der Waals surface area contributed by atoms with Gasteiger partial charge in [0.05, 0.1) is 16.0 Å². The molecular weight excluding hydrogens is 411 g/mol. The topological polar surface area (TPSA) is 108 Å². The molecule has 0 bridgehead atoms. The number of amides is 1. The maximum atomic E-state index is 13.1. The van der Waals surface area contributed by atoms with Gasteiger partial charge in [-0.25, -0.2) is 13.1 Å². The highest BCUT2D eigenvalue weighted by molar-refractivity contribution is 7.89. The van der Waals surface area contributed by atoms with Gasteiger partial charge in [0.25, 0.3) is 5.91 Å². The van der Waals surface area contributed by atoms with Crippen LogP contribution in [0.3, 0.4) is 0 Å². The van der Waals surface area contributed by atoms with Gasteiger partial charge in [-0.2, -0.15) is 13.2 Å². The lowest BCUT2D eigenvalue weighted by molar-refractivity contribution is -0.136. The number of sulfonamides is 1. The number of halogens is 3. The Labute approximate surface area is 162 Å². The second-order valence-electron chi connectivity index (χ2n) is 5.94. The van der Waals surface area contributed by atoms with E-state index < -0.39 is 38.6 Å². The molecule has 11 heteroatoms. The third-order valence-electron chi connectivity index (χ3n) is 4.16. The first-order valence-corrected chi connectivity index (χ1v) is 9.59. The van der Waals surface area contributed by atoms with Gasteiger partial charge in [0.15, 0.2) is 0 Å². The van der Waals surface area contributed by atoms with Crippen LogP contribution in [0.4, 0.5) is 18.9 Å². The molecule has 0 unspecified atom stereocenters. The number of benzene rings is 2. The van der Waals surface area contributed by atoms with Gasteiger partial charge < -0.3 is 10.3 Å². The number of nitrogens with one attached hydrogen (secondary N) is 3. The van der Waals surface area contributed by atoms with E-state index in [-0.39, 0.29) is 21.5 Å². The van der Waals surface area contributed by atoms with Crippen LogP contribution in [-0.2, 0) is 16.2 Å². The summed E-state index contributed by atoms with van der Waals surface area (Å²) in [7, 11) is -2.40. The van der Waals surface area contributed by atoms with Crippen molar-refractivity contribution < 1.29 is 26.4 Å². The lowest BCUT2D eigenvalue weighted by Crippen LogP contribution is -2.23. The molecule has 0 aliphatic heterocycles. The van der Waals surface area contributed by atoms with E-state index in [9.17, 15) is 31.2 Å². The van der Waals surface area contributed by atoms with E-state index >= 15 is 0 Å². The van der Waals surface area contributed by atoms with E-state index in [4.69, 9.17) is 0 Å². The summed E-state index contributed by atoms with van der Waals surface area (Å²) in [6.07, 6.45) is -3.75. The van der Waals surface area contributed by atoms with E-state index in [2.05, 4.69) is 15.0 Å². The highest BCUT2D eigenvalue weighted by Gasteiger charge is 2.33. The molecule has 0 atom stereocenters. The van der Waals surface area contributed by atoms with Crippen LogP contribution in [0.2, 0.25) is 0 Å². The summed E-state index contributed by atoms with van der Waals surface area (Å²) in [5.74, 6) is -0.852. The third-order valence-corrected chi connectivity index (χ3v) is 5.59. The molecule has 1 amide bonds. The first-order valence-electron chi connectivity index (χ1n) is 8.11. The van der Waals surface area contributed by atoms with Crippen LogP contribution in [-0.4, -0.2) is 26.4 Å². The lowest BCUT2D eigenvalue weighted by Gasteiger charge is -2.11. The van der Waals surface area contributed by atoms with Gasteiger partial charge in [-0.15, -0.1) is 0 Å². The Balaban J connectivity index is 1.94. The van der Waals surface area contributed by atoms with Crippen molar-refractivity contribution in [1.82, 2.24) is 9.71 Å². The van der Waals surface area contributed by atoms with Crippen molar-refractivity contribution >= 4 is 32.5 Å². The zero-order chi connectivity index (χ0) is 21.4. The summed E-state index contributed by atoms with van der Waals surface area (Å²) < 4.78 is 64.8. The number of aromatic amines is 1. The molecule has 0 aliphatic carbocycles. The molecule has 3 aromatic rings. The molecule has 152 valence electrons. The molecular formula is C18H14F3N3O4S. The molecule has 1 heterocycles. The molecule has 0 fully saturated rings. The number of fused-ring (bicyclic) bond motifs is 1. The van der Waals surface area contributed by atoms with E-state index in [1.54, 1.807) is 0 Å². The van der Waals surface area contributed by atoms with Crippen LogP contribution < -0.4 is 15.5 Å². The number of aromatic nitrogens is 1. The summed E-state index contributed by atoms with van der Waals surface area (Å²) in [4.78, 5) is 27.3. The van der Waals surface area contributed by atoms with Crippen molar-refractivity contribution in [1.29, 1.82) is 0 Å². The van der Waals surface area contributed by atoms with Crippen molar-refractivity contribution in [3.05, 3.63) is 70.0 Å². The minimum absolute atomic E-state index is 0.0266. The minimum Gasteiger partial charge on any atom is -0.360 e. The molecule has 2 aromatic carbocycles. The molecule has 1 aromatic heterocycles. The van der Waals surface area contributed by atoms with Crippen molar-refractivity contribution in [3.8, 4) is 0 Å². The normalized spacial score (nSPS) is 12.1. The number of H-pyrrole nitrogens is 1. The van der Waals surface area contributed by atoms with Crippen molar-refractivity contribution in [2.45, 2.75) is 11.1 Å². The van der Waals surface area contributed by atoms with E-state index in [1.165, 1.54) is 37.4 Å². The standard InChI is InChI=1S/C18H14F3N3O4S/c1-22-29(27,28)11-7-5-10(6-8-11)24-17(26)13-9-23-15-12(16(13)25)3-2-4-14(15)18(19,20)21/h2-9,22H,1H3,(H,23,25)(H,24,26). The number of anilines is 1. The van der Waals surface area contributed by atoms with E-state index in [0.29, 0.717) is 0 Å². The van der Waals surface area contributed by atoms with Gasteiger partial charge in [-0.1, -0.05) is 6.07 Å². The molecule has 3 N–H and O–H groups in total. The fourth-order valence-electron chi connectivity index (χ4n) is 2.69. The van der Waals surface area contributed by atoms with Crippen LogP contribution >= 0.6 is 0 Å². The van der Waals surface area contributed by atoms with Crippen LogP contribution in [0.1, 0.15) is 15.9 Å². The summed E-state index contributed by atoms with van der Waals surface area (Å²) in [6, 6.07) is 8.25. The van der Waals surface area contributed by atoms with Crippen LogP contribution in [0.5, 0.6) is 0 Å². The molecule has 0 radical (unpaired) electrons. The average Bonchev–Trinajstić information content (AvgIpc) is 2.67. The SMILES string of the molecule is CNS(=O)(=O)c1ccc(NC(=O)c2c[nH]c3c(C(F)(F)F)cccc3c2=O)cc1. The van der Waals surface area contributed by atoms with Gasteiger partial charge in [0, 0.05) is 17.3 Å². The monoisotopic (exact) mass is 425 g/mol. The summed E-state index contributed by atoms with van der Waals surface area (Å²) in [5, 5.41) is 2.13. The number of carbonyl (C=O) groups excluding carboxylic acids is 1. The Morgan fingerprint density at radius 3 is 2.31 bits per heavy atom. The third kappa shape index (κ3) is 4.00. The predicted octanol–water partition coefficient (Wildman–Crippen LogP) is 2.71. The maximum absolute atomic E-state index is 13.1. The second kappa shape index (κ2) is 7.33. The molecule has 0 spiro atoms.